The van der Waals surface area contributed by atoms with Crippen molar-refractivity contribution in [1.82, 2.24) is 0 Å². The Balaban J connectivity index is 1.62. The molecule has 0 atom stereocenters. The molecule has 1 heterocycles. The van der Waals surface area contributed by atoms with Gasteiger partial charge < -0.3 is 4.90 Å². The molecule has 0 fully saturated rings. The van der Waals surface area contributed by atoms with Crippen molar-refractivity contribution in [2.24, 2.45) is 5.10 Å². The van der Waals surface area contributed by atoms with Gasteiger partial charge in [-0.3, -0.25) is 20.3 Å². The third-order valence-electron chi connectivity index (χ3n) is 5.99. The van der Waals surface area contributed by atoms with Gasteiger partial charge in [-0.15, -0.1) is 0 Å². The molecule has 0 saturated heterocycles. The molecule has 9 nitrogen and oxygen atoms in total. The van der Waals surface area contributed by atoms with Crippen LogP contribution < -0.4 is 15.0 Å². The third-order valence-corrected chi connectivity index (χ3v) is 7.67. The summed E-state index contributed by atoms with van der Waals surface area (Å²) in [7, 11) is -2.21. The normalized spacial score (nSPS) is 15.8. The Hall–Kier alpha value is -3.89. The zero-order valence-electron chi connectivity index (χ0n) is 19.8. The van der Waals surface area contributed by atoms with Crippen molar-refractivity contribution in [3.05, 3.63) is 99.2 Å². The van der Waals surface area contributed by atoms with Gasteiger partial charge in [0.1, 0.15) is 4.90 Å². The molecule has 186 valence electrons. The maximum atomic E-state index is 13.1. The highest BCUT2D eigenvalue weighted by molar-refractivity contribution is 7.92. The van der Waals surface area contributed by atoms with Gasteiger partial charge in [0.2, 0.25) is 0 Å². The summed E-state index contributed by atoms with van der Waals surface area (Å²) in [5, 5.41) is 15.9. The van der Waals surface area contributed by atoms with E-state index < -0.39 is 14.9 Å². The number of halogens is 1. The maximum Gasteiger partial charge on any atom is 0.270 e. The number of nitro groups is 1. The van der Waals surface area contributed by atoms with Crippen molar-refractivity contribution in [1.29, 1.82) is 0 Å². The molecule has 0 amide bonds. The van der Waals surface area contributed by atoms with Gasteiger partial charge in [-0.1, -0.05) is 43.6 Å². The molecule has 0 radical (unpaired) electrons. The van der Waals surface area contributed by atoms with E-state index in [1.807, 2.05) is 25.3 Å². The minimum absolute atomic E-state index is 0.0824. The number of hydrazone groups is 1. The lowest BCUT2D eigenvalue weighted by molar-refractivity contribution is -0.385. The van der Waals surface area contributed by atoms with Gasteiger partial charge in [-0.25, -0.2) is 8.42 Å². The van der Waals surface area contributed by atoms with Gasteiger partial charge in [-0.2, -0.15) is 5.10 Å². The number of allylic oxidation sites excluding steroid dienone is 2. The molecule has 0 spiro atoms. The predicted molar refractivity (Wildman–Crippen MR) is 143 cm³/mol. The van der Waals surface area contributed by atoms with Crippen LogP contribution in [0.4, 0.5) is 22.7 Å². The van der Waals surface area contributed by atoms with Crippen LogP contribution >= 0.6 is 11.6 Å². The topological polar surface area (TPSA) is 117 Å². The van der Waals surface area contributed by atoms with Crippen LogP contribution in [-0.2, 0) is 15.4 Å². The van der Waals surface area contributed by atoms with Crippen molar-refractivity contribution in [3.63, 3.8) is 0 Å². The number of sulfonamides is 1. The molecule has 36 heavy (non-hydrogen) atoms. The monoisotopic (exact) mass is 525 g/mol. The smallest absolute Gasteiger partial charge is 0.270 e. The molecule has 11 heteroatoms. The lowest BCUT2D eigenvalue weighted by Gasteiger charge is -2.23. The molecule has 4 rings (SSSR count). The summed E-state index contributed by atoms with van der Waals surface area (Å²) in [6.45, 7) is 4.23. The quantitative estimate of drug-likeness (QED) is 0.230. The van der Waals surface area contributed by atoms with Crippen LogP contribution in [0.5, 0.6) is 0 Å². The van der Waals surface area contributed by atoms with E-state index in [4.69, 9.17) is 11.6 Å². The number of rotatable bonds is 7. The van der Waals surface area contributed by atoms with E-state index in [2.05, 4.69) is 46.1 Å². The molecule has 0 bridgehead atoms. The van der Waals surface area contributed by atoms with Crippen LogP contribution in [0.25, 0.3) is 0 Å². The average Bonchev–Trinajstić information content (AvgIpc) is 3.03. The van der Waals surface area contributed by atoms with E-state index in [0.29, 0.717) is 5.02 Å². The lowest BCUT2D eigenvalue weighted by Crippen LogP contribution is -2.23. The Morgan fingerprint density at radius 3 is 2.44 bits per heavy atom. The zero-order valence-corrected chi connectivity index (χ0v) is 21.3. The first kappa shape index (κ1) is 25.2. The molecule has 2 N–H and O–H groups in total. The van der Waals surface area contributed by atoms with Crippen molar-refractivity contribution in [3.8, 4) is 0 Å². The second-order valence-corrected chi connectivity index (χ2v) is 10.8. The number of hydrogen-bond acceptors (Lipinski definition) is 7. The summed E-state index contributed by atoms with van der Waals surface area (Å²) >= 11 is 5.87. The Labute approximate surface area is 214 Å². The minimum Gasteiger partial charge on any atom is -0.347 e. The molecule has 0 aliphatic carbocycles. The van der Waals surface area contributed by atoms with Gasteiger partial charge in [-0.05, 0) is 48.0 Å². The Bertz CT molecular complexity index is 1480. The number of hydrogen-bond donors (Lipinski definition) is 2. The average molecular weight is 526 g/mol. The highest BCUT2D eigenvalue weighted by Crippen LogP contribution is 2.46. The molecular weight excluding hydrogens is 502 g/mol. The number of para-hydroxylation sites is 1. The number of fused-ring (bicyclic) bond motifs is 1. The number of non-ortho nitro benzene ring substituents is 1. The van der Waals surface area contributed by atoms with E-state index in [9.17, 15) is 18.5 Å². The molecular formula is C25H24ClN5O4S. The second-order valence-electron chi connectivity index (χ2n) is 8.69. The van der Waals surface area contributed by atoms with Crippen molar-refractivity contribution < 1.29 is 13.3 Å². The number of likely N-dealkylation sites (N-methyl/N-ethyl adjacent to an activating group) is 1. The van der Waals surface area contributed by atoms with Gasteiger partial charge in [0.25, 0.3) is 15.7 Å². The highest BCUT2D eigenvalue weighted by atomic mass is 35.5. The zero-order chi connectivity index (χ0) is 26.1. The fraction of sp³-hybridized carbons (Fsp3) is 0.160. The standard InChI is InChI=1S/C25H24ClN5O4S/c1-25(2)20-6-4-5-7-22(20)30(3)24(25)14-15-27-28-21-13-12-19(31(32)33)16-23(21)36(34,35)29-18-10-8-17(26)9-11-18/h4-16,28-29H,1-3H3. The fourth-order valence-corrected chi connectivity index (χ4v) is 5.55. The number of benzene rings is 3. The van der Waals surface area contributed by atoms with E-state index in [1.54, 1.807) is 0 Å². The third kappa shape index (κ3) is 4.91. The molecule has 0 aromatic heterocycles. The van der Waals surface area contributed by atoms with Crippen molar-refractivity contribution in [2.45, 2.75) is 24.2 Å². The molecule has 1 aliphatic rings. The summed E-state index contributed by atoms with van der Waals surface area (Å²) < 4.78 is 28.6. The van der Waals surface area contributed by atoms with Crippen LogP contribution in [0.1, 0.15) is 19.4 Å². The van der Waals surface area contributed by atoms with E-state index in [-0.39, 0.29) is 27.4 Å². The summed E-state index contributed by atoms with van der Waals surface area (Å²) in [6.07, 6.45) is 3.38. The summed E-state index contributed by atoms with van der Waals surface area (Å²) in [5.41, 5.74) is 5.75. The summed E-state index contributed by atoms with van der Waals surface area (Å²) in [5.74, 6) is 0. The van der Waals surface area contributed by atoms with E-state index in [1.165, 1.54) is 48.2 Å². The summed E-state index contributed by atoms with van der Waals surface area (Å²) in [6, 6.07) is 17.7. The minimum atomic E-state index is -4.19. The Kier molecular flexibility index (Phi) is 6.75. The Morgan fingerprint density at radius 2 is 1.78 bits per heavy atom. The predicted octanol–water partition coefficient (Wildman–Crippen LogP) is 5.76. The largest absolute Gasteiger partial charge is 0.347 e. The van der Waals surface area contributed by atoms with Crippen molar-refractivity contribution in [2.75, 3.05) is 22.1 Å². The molecule has 3 aromatic carbocycles. The van der Waals surface area contributed by atoms with Gasteiger partial charge in [0, 0.05) is 52.9 Å². The van der Waals surface area contributed by atoms with Crippen LogP contribution in [0.15, 0.2) is 88.5 Å². The van der Waals surface area contributed by atoms with Crippen LogP contribution in [0.3, 0.4) is 0 Å². The SMILES string of the molecule is CN1C(=CC=NNc2ccc([N+](=O)[O-])cc2S(=O)(=O)Nc2ccc(Cl)cc2)C(C)(C)c2ccccc21. The molecule has 1 aliphatic heterocycles. The van der Waals surface area contributed by atoms with Crippen LogP contribution in [-0.4, -0.2) is 26.6 Å². The second kappa shape index (κ2) is 9.63. The highest BCUT2D eigenvalue weighted by Gasteiger charge is 2.37. The first-order chi connectivity index (χ1) is 17.0. The van der Waals surface area contributed by atoms with Crippen molar-refractivity contribution >= 4 is 50.6 Å². The van der Waals surface area contributed by atoms with E-state index in [0.717, 1.165) is 17.5 Å². The van der Waals surface area contributed by atoms with Gasteiger partial charge in [0.05, 0.1) is 10.6 Å². The fourth-order valence-electron chi connectivity index (χ4n) is 4.18. The van der Waals surface area contributed by atoms with Crippen LogP contribution in [0, 0.1) is 10.1 Å². The maximum absolute atomic E-state index is 13.1. The Morgan fingerprint density at radius 1 is 1.08 bits per heavy atom. The molecule has 0 saturated carbocycles. The number of nitrogens with one attached hydrogen (secondary N) is 2. The van der Waals surface area contributed by atoms with Gasteiger partial charge in [0.15, 0.2) is 0 Å². The first-order valence-electron chi connectivity index (χ1n) is 10.9. The summed E-state index contributed by atoms with van der Waals surface area (Å²) in [4.78, 5) is 12.4. The first-order valence-corrected chi connectivity index (χ1v) is 12.8. The van der Waals surface area contributed by atoms with Crippen LogP contribution in [0.2, 0.25) is 5.02 Å². The molecule has 3 aromatic rings. The molecule has 0 unspecified atom stereocenters. The number of anilines is 3. The number of nitrogens with zero attached hydrogens (tertiary/aromatic N) is 3. The van der Waals surface area contributed by atoms with Gasteiger partial charge >= 0.3 is 0 Å². The lowest BCUT2D eigenvalue weighted by atomic mass is 9.84. The number of nitro benzene ring substituents is 1. The van der Waals surface area contributed by atoms with E-state index >= 15 is 0 Å².